The Labute approximate surface area is 87.7 Å². The number of carbonyl (C=O) groups excluding carboxylic acids is 1. The summed E-state index contributed by atoms with van der Waals surface area (Å²) in [5.41, 5.74) is 0. The second-order valence-corrected chi connectivity index (χ2v) is 3.31. The monoisotopic (exact) mass is 214 g/mol. The second-order valence-electron chi connectivity index (χ2n) is 3.31. The van der Waals surface area contributed by atoms with Gasteiger partial charge in [-0.1, -0.05) is 13.3 Å². The number of carboxylic acid groups (broad SMARTS) is 1. The summed E-state index contributed by atoms with van der Waals surface area (Å²) in [5.74, 6) is -1.80. The lowest BCUT2D eigenvalue weighted by atomic mass is 10.1. The van der Waals surface area contributed by atoms with Gasteiger partial charge < -0.3 is 14.6 Å². The molecule has 1 rings (SSSR count). The Bertz CT molecular complexity index is 267. The molecule has 15 heavy (non-hydrogen) atoms. The Balaban J connectivity index is 2.36. The first-order valence-electron chi connectivity index (χ1n) is 4.86. The van der Waals surface area contributed by atoms with Gasteiger partial charge in [-0.2, -0.15) is 0 Å². The molecule has 84 valence electrons. The Kier molecular flexibility index (Phi) is 4.30. The average molecular weight is 214 g/mol. The first-order chi connectivity index (χ1) is 7.13. The van der Waals surface area contributed by atoms with E-state index in [0.29, 0.717) is 6.61 Å². The fourth-order valence-electron chi connectivity index (χ4n) is 1.20. The molecule has 5 heteroatoms. The largest absolute Gasteiger partial charge is 0.478 e. The molecule has 1 saturated heterocycles. The van der Waals surface area contributed by atoms with Gasteiger partial charge in [0.2, 0.25) is 0 Å². The quantitative estimate of drug-likeness (QED) is 0.401. The lowest BCUT2D eigenvalue weighted by molar-refractivity contribution is -0.144. The van der Waals surface area contributed by atoms with E-state index in [2.05, 4.69) is 0 Å². The van der Waals surface area contributed by atoms with Gasteiger partial charge in [0, 0.05) is 12.2 Å². The molecule has 0 saturated carbocycles. The van der Waals surface area contributed by atoms with Crippen LogP contribution in [0.4, 0.5) is 0 Å². The number of carbonyl (C=O) groups is 2. The summed E-state index contributed by atoms with van der Waals surface area (Å²) in [5, 5.41) is 8.30. The number of rotatable bonds is 6. The highest BCUT2D eigenvalue weighted by atomic mass is 16.6. The topological polar surface area (TPSA) is 76.1 Å². The number of aliphatic carboxylic acids is 1. The number of hydrogen-bond donors (Lipinski definition) is 1. The highest BCUT2D eigenvalue weighted by Gasteiger charge is 2.34. The molecule has 0 aromatic carbocycles. The second kappa shape index (κ2) is 5.50. The fraction of sp³-hybridized carbons (Fsp3) is 0.600. The van der Waals surface area contributed by atoms with Crippen LogP contribution in [-0.4, -0.2) is 35.9 Å². The van der Waals surface area contributed by atoms with Gasteiger partial charge in [-0.05, 0) is 6.42 Å². The Morgan fingerprint density at radius 2 is 2.27 bits per heavy atom. The van der Waals surface area contributed by atoms with Crippen molar-refractivity contribution in [2.45, 2.75) is 32.0 Å². The van der Waals surface area contributed by atoms with Gasteiger partial charge in [0.05, 0.1) is 6.61 Å². The number of ether oxygens (including phenoxy) is 2. The minimum absolute atomic E-state index is 0.00729. The van der Waals surface area contributed by atoms with Gasteiger partial charge >= 0.3 is 11.9 Å². The number of hydrogen-bond acceptors (Lipinski definition) is 4. The van der Waals surface area contributed by atoms with Crippen LogP contribution in [0.15, 0.2) is 12.2 Å². The summed E-state index contributed by atoms with van der Waals surface area (Å²) < 4.78 is 10.1. The molecule has 0 bridgehead atoms. The van der Waals surface area contributed by atoms with E-state index in [0.717, 1.165) is 25.0 Å². The molecule has 2 unspecified atom stereocenters. The van der Waals surface area contributed by atoms with E-state index in [4.69, 9.17) is 14.6 Å². The SMILES string of the molecule is CCCC(OC(=O)/C=C\C(=O)O)C1CO1. The molecule has 0 amide bonds. The molecule has 0 radical (unpaired) electrons. The van der Waals surface area contributed by atoms with Crippen molar-refractivity contribution in [3.63, 3.8) is 0 Å². The van der Waals surface area contributed by atoms with Crippen molar-refractivity contribution >= 4 is 11.9 Å². The van der Waals surface area contributed by atoms with E-state index in [1.807, 2.05) is 6.92 Å². The molecule has 0 aliphatic carbocycles. The maximum Gasteiger partial charge on any atom is 0.331 e. The maximum absolute atomic E-state index is 11.1. The zero-order valence-corrected chi connectivity index (χ0v) is 8.51. The molecule has 1 fully saturated rings. The lowest BCUT2D eigenvalue weighted by Crippen LogP contribution is -2.22. The van der Waals surface area contributed by atoms with Crippen LogP contribution in [0.25, 0.3) is 0 Å². The van der Waals surface area contributed by atoms with E-state index < -0.39 is 11.9 Å². The summed E-state index contributed by atoms with van der Waals surface area (Å²) in [6.07, 6.45) is 3.04. The van der Waals surface area contributed by atoms with E-state index >= 15 is 0 Å². The van der Waals surface area contributed by atoms with Crippen LogP contribution in [0.2, 0.25) is 0 Å². The van der Waals surface area contributed by atoms with Crippen LogP contribution in [0.1, 0.15) is 19.8 Å². The highest BCUT2D eigenvalue weighted by Crippen LogP contribution is 2.21. The summed E-state index contributed by atoms with van der Waals surface area (Å²) in [7, 11) is 0. The van der Waals surface area contributed by atoms with Gasteiger partial charge in [0.25, 0.3) is 0 Å². The van der Waals surface area contributed by atoms with Gasteiger partial charge in [-0.25, -0.2) is 9.59 Å². The number of carboxylic acids is 1. The summed E-state index contributed by atoms with van der Waals surface area (Å²) in [4.78, 5) is 21.3. The molecule has 0 aromatic heterocycles. The molecule has 5 nitrogen and oxygen atoms in total. The van der Waals surface area contributed by atoms with Crippen molar-refractivity contribution in [2.24, 2.45) is 0 Å². The predicted octanol–water partition coefficient (Wildman–Crippen LogP) is 0.738. The fourth-order valence-corrected chi connectivity index (χ4v) is 1.20. The molecule has 0 spiro atoms. The van der Waals surface area contributed by atoms with E-state index in [-0.39, 0.29) is 12.2 Å². The van der Waals surface area contributed by atoms with E-state index in [1.165, 1.54) is 0 Å². The lowest BCUT2D eigenvalue weighted by Gasteiger charge is -2.13. The normalized spacial score (nSPS) is 21.3. The maximum atomic E-state index is 11.1. The third-order valence-corrected chi connectivity index (χ3v) is 1.98. The summed E-state index contributed by atoms with van der Waals surface area (Å²) in [6.45, 7) is 2.59. The van der Waals surface area contributed by atoms with Crippen molar-refractivity contribution < 1.29 is 24.2 Å². The van der Waals surface area contributed by atoms with Crippen LogP contribution in [0.5, 0.6) is 0 Å². The zero-order valence-electron chi connectivity index (χ0n) is 8.51. The van der Waals surface area contributed by atoms with Crippen LogP contribution >= 0.6 is 0 Å². The minimum Gasteiger partial charge on any atom is -0.478 e. The highest BCUT2D eigenvalue weighted by molar-refractivity contribution is 5.90. The molecule has 0 aromatic rings. The molecular formula is C10H14O5. The predicted molar refractivity (Wildman–Crippen MR) is 51.3 cm³/mol. The standard InChI is InChI=1S/C10H14O5/c1-2-3-7(8-6-14-8)15-10(13)5-4-9(11)12/h4-5,7-8H,2-3,6H2,1H3,(H,11,12)/b5-4-. The van der Waals surface area contributed by atoms with Crippen molar-refractivity contribution in [1.82, 2.24) is 0 Å². The van der Waals surface area contributed by atoms with Crippen LogP contribution < -0.4 is 0 Å². The smallest absolute Gasteiger partial charge is 0.331 e. The van der Waals surface area contributed by atoms with Crippen molar-refractivity contribution in [1.29, 1.82) is 0 Å². The molecule has 2 atom stereocenters. The summed E-state index contributed by atoms with van der Waals surface area (Å²) in [6, 6.07) is 0. The molecule has 1 N–H and O–H groups in total. The molecular weight excluding hydrogens is 200 g/mol. The van der Waals surface area contributed by atoms with Crippen LogP contribution in [0.3, 0.4) is 0 Å². The minimum atomic E-state index is -1.17. The Morgan fingerprint density at radius 3 is 2.73 bits per heavy atom. The van der Waals surface area contributed by atoms with Crippen LogP contribution in [-0.2, 0) is 19.1 Å². The molecule has 1 heterocycles. The van der Waals surface area contributed by atoms with Crippen LogP contribution in [0, 0.1) is 0 Å². The zero-order chi connectivity index (χ0) is 11.3. The summed E-state index contributed by atoms with van der Waals surface area (Å²) >= 11 is 0. The number of esters is 1. The van der Waals surface area contributed by atoms with Gasteiger partial charge in [-0.3, -0.25) is 0 Å². The first-order valence-corrected chi connectivity index (χ1v) is 4.86. The van der Waals surface area contributed by atoms with Gasteiger partial charge in [0.1, 0.15) is 12.2 Å². The Hall–Kier alpha value is -1.36. The molecule has 1 aliphatic rings. The third kappa shape index (κ3) is 4.60. The molecule has 1 aliphatic heterocycles. The van der Waals surface area contributed by atoms with Crippen molar-refractivity contribution in [3.05, 3.63) is 12.2 Å². The average Bonchev–Trinajstić information content (AvgIpc) is 2.97. The van der Waals surface area contributed by atoms with Crippen molar-refractivity contribution in [2.75, 3.05) is 6.61 Å². The first kappa shape index (κ1) is 11.7. The number of epoxide rings is 1. The van der Waals surface area contributed by atoms with E-state index in [9.17, 15) is 9.59 Å². The van der Waals surface area contributed by atoms with Gasteiger partial charge in [0.15, 0.2) is 0 Å². The Morgan fingerprint density at radius 1 is 1.60 bits per heavy atom. The third-order valence-electron chi connectivity index (χ3n) is 1.98. The van der Waals surface area contributed by atoms with E-state index in [1.54, 1.807) is 0 Å². The van der Waals surface area contributed by atoms with Gasteiger partial charge in [-0.15, -0.1) is 0 Å². The van der Waals surface area contributed by atoms with Crippen molar-refractivity contribution in [3.8, 4) is 0 Å².